The standard InChI is InChI=1S/C13H24N2O3/c1-4-11(12(16)17)15-13(18)14-10-6-8(2)5-9(3)7-10/h8-11H,4-7H2,1-3H3,(H,16,17)(H2,14,15,18)/t8?,9?,10?,11-/m1/s1. The van der Waals surface area contributed by atoms with Crippen molar-refractivity contribution in [1.29, 1.82) is 0 Å². The van der Waals surface area contributed by atoms with Crippen LogP contribution < -0.4 is 10.6 Å². The van der Waals surface area contributed by atoms with E-state index >= 15 is 0 Å². The highest BCUT2D eigenvalue weighted by molar-refractivity contribution is 5.82. The van der Waals surface area contributed by atoms with Gasteiger partial charge in [-0.1, -0.05) is 20.8 Å². The maximum Gasteiger partial charge on any atom is 0.326 e. The minimum absolute atomic E-state index is 0.162. The summed E-state index contributed by atoms with van der Waals surface area (Å²) in [6.45, 7) is 6.12. The first-order valence-corrected chi connectivity index (χ1v) is 6.72. The van der Waals surface area contributed by atoms with Gasteiger partial charge in [-0.25, -0.2) is 9.59 Å². The number of urea groups is 1. The molecule has 104 valence electrons. The molecule has 5 heteroatoms. The third kappa shape index (κ3) is 4.55. The molecule has 0 saturated heterocycles. The Morgan fingerprint density at radius 1 is 1.22 bits per heavy atom. The Morgan fingerprint density at radius 2 is 1.78 bits per heavy atom. The van der Waals surface area contributed by atoms with E-state index in [9.17, 15) is 9.59 Å². The van der Waals surface area contributed by atoms with Gasteiger partial charge in [-0.05, 0) is 37.5 Å². The van der Waals surface area contributed by atoms with Gasteiger partial charge in [0.15, 0.2) is 0 Å². The summed E-state index contributed by atoms with van der Waals surface area (Å²) in [6, 6.07) is -1.01. The van der Waals surface area contributed by atoms with Crippen LogP contribution >= 0.6 is 0 Å². The van der Waals surface area contributed by atoms with E-state index in [0.717, 1.165) is 12.8 Å². The van der Waals surface area contributed by atoms with Crippen molar-refractivity contribution in [2.24, 2.45) is 11.8 Å². The molecule has 1 rings (SSSR count). The quantitative estimate of drug-likeness (QED) is 0.719. The number of amides is 2. The van der Waals surface area contributed by atoms with Crippen molar-refractivity contribution in [2.75, 3.05) is 0 Å². The van der Waals surface area contributed by atoms with Gasteiger partial charge < -0.3 is 15.7 Å². The van der Waals surface area contributed by atoms with Crippen LogP contribution in [0.4, 0.5) is 4.79 Å². The first kappa shape index (κ1) is 14.8. The number of carbonyl (C=O) groups is 2. The van der Waals surface area contributed by atoms with Crippen LogP contribution in [0.2, 0.25) is 0 Å². The number of carbonyl (C=O) groups excluding carboxylic acids is 1. The average Bonchev–Trinajstić information content (AvgIpc) is 2.23. The van der Waals surface area contributed by atoms with Crippen LogP contribution in [0, 0.1) is 11.8 Å². The topological polar surface area (TPSA) is 78.4 Å². The second-order valence-corrected chi connectivity index (χ2v) is 5.53. The van der Waals surface area contributed by atoms with Crippen LogP contribution in [0.1, 0.15) is 46.5 Å². The lowest BCUT2D eigenvalue weighted by atomic mass is 9.80. The lowest BCUT2D eigenvalue weighted by Gasteiger charge is -2.32. The summed E-state index contributed by atoms with van der Waals surface area (Å²) >= 11 is 0. The van der Waals surface area contributed by atoms with Crippen LogP contribution in [0.25, 0.3) is 0 Å². The lowest BCUT2D eigenvalue weighted by molar-refractivity contribution is -0.139. The summed E-state index contributed by atoms with van der Waals surface area (Å²) in [7, 11) is 0. The van der Waals surface area contributed by atoms with E-state index in [1.54, 1.807) is 6.92 Å². The maximum absolute atomic E-state index is 11.7. The average molecular weight is 256 g/mol. The third-order valence-corrected chi connectivity index (χ3v) is 3.53. The number of carboxylic acids is 1. The fourth-order valence-corrected chi connectivity index (χ4v) is 2.79. The Balaban J connectivity index is 2.42. The number of carboxylic acid groups (broad SMARTS) is 1. The minimum Gasteiger partial charge on any atom is -0.480 e. The van der Waals surface area contributed by atoms with Crippen molar-refractivity contribution in [3.63, 3.8) is 0 Å². The van der Waals surface area contributed by atoms with Crippen LogP contribution in [-0.2, 0) is 4.79 Å². The molecule has 18 heavy (non-hydrogen) atoms. The molecule has 3 N–H and O–H groups in total. The van der Waals surface area contributed by atoms with Crippen molar-refractivity contribution in [1.82, 2.24) is 10.6 Å². The summed E-state index contributed by atoms with van der Waals surface area (Å²) in [5, 5.41) is 14.2. The molecular weight excluding hydrogens is 232 g/mol. The second-order valence-electron chi connectivity index (χ2n) is 5.53. The number of hydrogen-bond acceptors (Lipinski definition) is 2. The van der Waals surface area contributed by atoms with Gasteiger partial charge in [0.1, 0.15) is 6.04 Å². The monoisotopic (exact) mass is 256 g/mol. The van der Waals surface area contributed by atoms with Crippen molar-refractivity contribution in [3.05, 3.63) is 0 Å². The molecule has 1 fully saturated rings. The summed E-state index contributed by atoms with van der Waals surface area (Å²) in [6.07, 6.45) is 3.54. The largest absolute Gasteiger partial charge is 0.480 e. The first-order valence-electron chi connectivity index (χ1n) is 6.72. The molecule has 0 heterocycles. The van der Waals surface area contributed by atoms with Crippen LogP contribution in [0.3, 0.4) is 0 Å². The van der Waals surface area contributed by atoms with Gasteiger partial charge in [0, 0.05) is 6.04 Å². The van der Waals surface area contributed by atoms with E-state index in [1.165, 1.54) is 6.42 Å². The predicted octanol–water partition coefficient (Wildman–Crippen LogP) is 1.97. The molecule has 0 radical (unpaired) electrons. The lowest BCUT2D eigenvalue weighted by Crippen LogP contribution is -2.50. The number of nitrogens with one attached hydrogen (secondary N) is 2. The van der Waals surface area contributed by atoms with Crippen molar-refractivity contribution >= 4 is 12.0 Å². The third-order valence-electron chi connectivity index (χ3n) is 3.53. The molecule has 0 bridgehead atoms. The zero-order valence-corrected chi connectivity index (χ0v) is 11.4. The van der Waals surface area contributed by atoms with E-state index < -0.39 is 12.0 Å². The molecule has 0 aliphatic heterocycles. The van der Waals surface area contributed by atoms with Gasteiger partial charge in [-0.2, -0.15) is 0 Å². The van der Waals surface area contributed by atoms with E-state index in [2.05, 4.69) is 24.5 Å². The molecule has 3 atom stereocenters. The van der Waals surface area contributed by atoms with Crippen LogP contribution in [0.5, 0.6) is 0 Å². The zero-order chi connectivity index (χ0) is 13.7. The molecule has 0 spiro atoms. The summed E-state index contributed by atoms with van der Waals surface area (Å²) < 4.78 is 0. The molecule has 0 aromatic rings. The summed E-state index contributed by atoms with van der Waals surface area (Å²) in [5.41, 5.74) is 0. The Kier molecular flexibility index (Phi) is 5.44. The molecule has 2 unspecified atom stereocenters. The molecule has 1 aliphatic carbocycles. The normalized spacial score (nSPS) is 29.4. The van der Waals surface area contributed by atoms with Gasteiger partial charge in [0.05, 0.1) is 0 Å². The minimum atomic E-state index is -0.988. The Labute approximate surface area is 108 Å². The second kappa shape index (κ2) is 6.61. The Hall–Kier alpha value is -1.26. The highest BCUT2D eigenvalue weighted by atomic mass is 16.4. The SMILES string of the molecule is CC[C@@H](NC(=O)NC1CC(C)CC(C)C1)C(=O)O. The Morgan fingerprint density at radius 3 is 2.22 bits per heavy atom. The van der Waals surface area contributed by atoms with Gasteiger partial charge in [-0.15, -0.1) is 0 Å². The first-order chi connectivity index (χ1) is 8.42. The highest BCUT2D eigenvalue weighted by Gasteiger charge is 2.26. The molecular formula is C13H24N2O3. The molecule has 2 amide bonds. The molecule has 5 nitrogen and oxygen atoms in total. The highest BCUT2D eigenvalue weighted by Crippen LogP contribution is 2.28. The van der Waals surface area contributed by atoms with Gasteiger partial charge >= 0.3 is 12.0 Å². The van der Waals surface area contributed by atoms with Gasteiger partial charge in [0.25, 0.3) is 0 Å². The van der Waals surface area contributed by atoms with Crippen LogP contribution in [0.15, 0.2) is 0 Å². The van der Waals surface area contributed by atoms with Gasteiger partial charge in [-0.3, -0.25) is 0 Å². The molecule has 1 saturated carbocycles. The number of aliphatic carboxylic acids is 1. The smallest absolute Gasteiger partial charge is 0.326 e. The van der Waals surface area contributed by atoms with Crippen molar-refractivity contribution in [3.8, 4) is 0 Å². The van der Waals surface area contributed by atoms with E-state index in [-0.39, 0.29) is 12.1 Å². The number of rotatable bonds is 4. The molecule has 1 aliphatic rings. The Bertz CT molecular complexity index is 297. The fraction of sp³-hybridized carbons (Fsp3) is 0.846. The molecule has 0 aromatic heterocycles. The van der Waals surface area contributed by atoms with Gasteiger partial charge in [0.2, 0.25) is 0 Å². The van der Waals surface area contributed by atoms with Crippen molar-refractivity contribution < 1.29 is 14.7 Å². The number of hydrogen-bond donors (Lipinski definition) is 3. The van der Waals surface area contributed by atoms with Crippen LogP contribution in [-0.4, -0.2) is 29.2 Å². The summed E-state index contributed by atoms with van der Waals surface area (Å²) in [5.74, 6) is 0.235. The zero-order valence-electron chi connectivity index (χ0n) is 11.4. The molecule has 0 aromatic carbocycles. The van der Waals surface area contributed by atoms with E-state index in [1.807, 2.05) is 0 Å². The van der Waals surface area contributed by atoms with E-state index in [0.29, 0.717) is 18.3 Å². The fourth-order valence-electron chi connectivity index (χ4n) is 2.79. The summed E-state index contributed by atoms with van der Waals surface area (Å²) in [4.78, 5) is 22.5. The predicted molar refractivity (Wildman–Crippen MR) is 69.3 cm³/mol. The maximum atomic E-state index is 11.7. The van der Waals surface area contributed by atoms with E-state index in [4.69, 9.17) is 5.11 Å². The van der Waals surface area contributed by atoms with Crippen molar-refractivity contribution in [2.45, 2.75) is 58.5 Å².